The van der Waals surface area contributed by atoms with Crippen molar-refractivity contribution in [1.29, 1.82) is 0 Å². The van der Waals surface area contributed by atoms with E-state index >= 15 is 0 Å². The van der Waals surface area contributed by atoms with Crippen LogP contribution in [0.2, 0.25) is 10.0 Å². The van der Waals surface area contributed by atoms with Gasteiger partial charge in [0.05, 0.1) is 4.92 Å². The number of hydrogen-bond donors (Lipinski definition) is 1. The molecule has 0 aliphatic rings. The number of nitro groups is 1. The Balaban J connectivity index is 1.99. The Labute approximate surface area is 137 Å². The van der Waals surface area contributed by atoms with Crippen LogP contribution in [0.25, 0.3) is 0 Å². The molecule has 5 nitrogen and oxygen atoms in total. The molecule has 0 saturated carbocycles. The smallest absolute Gasteiger partial charge is 0.289 e. The molecule has 0 heterocycles. The molecule has 0 spiro atoms. The standard InChI is InChI=1S/C15H12Cl2N2O3/c16-12-4-2-1-3-10(12)5-8-15(20)18-11-6-7-13(17)14(9-11)19(21)22/h1-4,6-7,9H,5,8H2,(H,18,20). The Kier molecular flexibility index (Phi) is 5.35. The number of aryl methyl sites for hydroxylation is 1. The zero-order valence-electron chi connectivity index (χ0n) is 11.4. The van der Waals surface area contributed by atoms with Gasteiger partial charge < -0.3 is 5.32 Å². The van der Waals surface area contributed by atoms with Crippen molar-refractivity contribution in [2.75, 3.05) is 5.32 Å². The van der Waals surface area contributed by atoms with Crippen LogP contribution in [0.3, 0.4) is 0 Å². The fraction of sp³-hybridized carbons (Fsp3) is 0.133. The average Bonchev–Trinajstić information content (AvgIpc) is 2.48. The molecule has 0 atom stereocenters. The van der Waals surface area contributed by atoms with Crippen molar-refractivity contribution in [2.45, 2.75) is 12.8 Å². The molecule has 1 N–H and O–H groups in total. The van der Waals surface area contributed by atoms with E-state index in [2.05, 4.69) is 5.32 Å². The van der Waals surface area contributed by atoms with Crippen molar-refractivity contribution in [2.24, 2.45) is 0 Å². The summed E-state index contributed by atoms with van der Waals surface area (Å²) in [6.07, 6.45) is 0.710. The Hall–Kier alpha value is -2.11. The van der Waals surface area contributed by atoms with Gasteiger partial charge in [0.2, 0.25) is 5.91 Å². The number of amides is 1. The van der Waals surface area contributed by atoms with Gasteiger partial charge in [0.1, 0.15) is 5.02 Å². The largest absolute Gasteiger partial charge is 0.326 e. The van der Waals surface area contributed by atoms with Crippen LogP contribution < -0.4 is 5.32 Å². The summed E-state index contributed by atoms with van der Waals surface area (Å²) in [5.74, 6) is -0.253. The molecule has 0 bridgehead atoms. The first-order valence-electron chi connectivity index (χ1n) is 6.44. The molecule has 0 unspecified atom stereocenters. The Bertz CT molecular complexity index is 720. The second kappa shape index (κ2) is 7.24. The lowest BCUT2D eigenvalue weighted by Crippen LogP contribution is -2.12. The minimum atomic E-state index is -0.596. The second-order valence-corrected chi connectivity index (χ2v) is 5.38. The quantitative estimate of drug-likeness (QED) is 0.645. The molecule has 2 aromatic rings. The summed E-state index contributed by atoms with van der Waals surface area (Å²) in [7, 11) is 0. The van der Waals surface area contributed by atoms with E-state index in [4.69, 9.17) is 23.2 Å². The SMILES string of the molecule is O=C(CCc1ccccc1Cl)Nc1ccc(Cl)c([N+](=O)[O-])c1. The van der Waals surface area contributed by atoms with Crippen LogP contribution in [-0.2, 0) is 11.2 Å². The van der Waals surface area contributed by atoms with Gasteiger partial charge in [-0.15, -0.1) is 0 Å². The summed E-state index contributed by atoms with van der Waals surface area (Å²) in [4.78, 5) is 22.1. The van der Waals surface area contributed by atoms with E-state index in [1.54, 1.807) is 6.07 Å². The number of anilines is 1. The van der Waals surface area contributed by atoms with Crippen LogP contribution >= 0.6 is 23.2 Å². The molecule has 0 radical (unpaired) electrons. The molecule has 22 heavy (non-hydrogen) atoms. The van der Waals surface area contributed by atoms with E-state index in [0.717, 1.165) is 5.56 Å². The molecule has 0 aliphatic heterocycles. The third kappa shape index (κ3) is 4.19. The van der Waals surface area contributed by atoms with Crippen molar-refractivity contribution < 1.29 is 9.72 Å². The van der Waals surface area contributed by atoms with Gasteiger partial charge in [-0.05, 0) is 30.2 Å². The number of carbonyl (C=O) groups excluding carboxylic acids is 1. The van der Waals surface area contributed by atoms with E-state index in [1.165, 1.54) is 18.2 Å². The van der Waals surface area contributed by atoms with Crippen LogP contribution in [0.15, 0.2) is 42.5 Å². The minimum absolute atomic E-state index is 0.0269. The number of hydrogen-bond acceptors (Lipinski definition) is 3. The van der Waals surface area contributed by atoms with Gasteiger partial charge in [-0.1, -0.05) is 41.4 Å². The van der Waals surface area contributed by atoms with Gasteiger partial charge in [-0.25, -0.2) is 0 Å². The molecule has 114 valence electrons. The summed E-state index contributed by atoms with van der Waals surface area (Å²) in [5.41, 5.74) is 0.965. The van der Waals surface area contributed by atoms with Gasteiger partial charge >= 0.3 is 0 Å². The third-order valence-electron chi connectivity index (χ3n) is 3.01. The van der Waals surface area contributed by atoms with Crippen LogP contribution in [0, 0.1) is 10.1 Å². The molecule has 0 saturated heterocycles. The Morgan fingerprint density at radius 3 is 2.55 bits per heavy atom. The maximum atomic E-state index is 11.9. The topological polar surface area (TPSA) is 72.2 Å². The summed E-state index contributed by atoms with van der Waals surface area (Å²) in [6.45, 7) is 0. The molecule has 7 heteroatoms. The molecule has 2 rings (SSSR count). The fourth-order valence-electron chi connectivity index (χ4n) is 1.90. The summed E-state index contributed by atoms with van der Waals surface area (Å²) in [6, 6.07) is 11.4. The zero-order chi connectivity index (χ0) is 16.1. The molecular formula is C15H12Cl2N2O3. The van der Waals surface area contributed by atoms with E-state index in [1.807, 2.05) is 18.2 Å². The number of carbonyl (C=O) groups is 1. The highest BCUT2D eigenvalue weighted by atomic mass is 35.5. The molecule has 1 amide bonds. The van der Waals surface area contributed by atoms with Crippen LogP contribution in [0.5, 0.6) is 0 Å². The molecule has 0 fully saturated rings. The average molecular weight is 339 g/mol. The predicted octanol–water partition coefficient (Wildman–Crippen LogP) is 4.47. The Morgan fingerprint density at radius 2 is 1.86 bits per heavy atom. The van der Waals surface area contributed by atoms with E-state index in [9.17, 15) is 14.9 Å². The van der Waals surface area contributed by atoms with Gasteiger partial charge in [0.25, 0.3) is 5.69 Å². The van der Waals surface area contributed by atoms with Gasteiger partial charge in [-0.3, -0.25) is 14.9 Å². The lowest BCUT2D eigenvalue weighted by atomic mass is 10.1. The molecular weight excluding hydrogens is 327 g/mol. The maximum absolute atomic E-state index is 11.9. The van der Waals surface area contributed by atoms with Crippen molar-refractivity contribution >= 4 is 40.5 Å². The molecule has 2 aromatic carbocycles. The van der Waals surface area contributed by atoms with E-state index < -0.39 is 4.92 Å². The van der Waals surface area contributed by atoms with Gasteiger partial charge in [-0.2, -0.15) is 0 Å². The fourth-order valence-corrected chi connectivity index (χ4v) is 2.32. The van der Waals surface area contributed by atoms with Crippen molar-refractivity contribution in [3.05, 3.63) is 68.2 Å². The molecule has 0 aliphatic carbocycles. The maximum Gasteiger partial charge on any atom is 0.289 e. The number of halogens is 2. The highest BCUT2D eigenvalue weighted by Gasteiger charge is 2.14. The molecule has 0 aromatic heterocycles. The van der Waals surface area contributed by atoms with E-state index in [0.29, 0.717) is 17.1 Å². The minimum Gasteiger partial charge on any atom is -0.326 e. The first kappa shape index (κ1) is 16.3. The summed E-state index contributed by atoms with van der Waals surface area (Å²) >= 11 is 11.7. The first-order valence-corrected chi connectivity index (χ1v) is 7.20. The predicted molar refractivity (Wildman–Crippen MR) is 86.5 cm³/mol. The van der Waals surface area contributed by atoms with Crippen molar-refractivity contribution in [1.82, 2.24) is 0 Å². The zero-order valence-corrected chi connectivity index (χ0v) is 12.9. The summed E-state index contributed by atoms with van der Waals surface area (Å²) < 4.78 is 0. The second-order valence-electron chi connectivity index (χ2n) is 4.56. The number of nitro benzene ring substituents is 1. The van der Waals surface area contributed by atoms with Crippen LogP contribution in [0.4, 0.5) is 11.4 Å². The summed E-state index contributed by atoms with van der Waals surface area (Å²) in [5, 5.41) is 14.0. The number of benzene rings is 2. The highest BCUT2D eigenvalue weighted by Crippen LogP contribution is 2.27. The van der Waals surface area contributed by atoms with Crippen molar-refractivity contribution in [3.63, 3.8) is 0 Å². The number of nitrogens with one attached hydrogen (secondary N) is 1. The monoisotopic (exact) mass is 338 g/mol. The van der Waals surface area contributed by atoms with Gasteiger partial charge in [0.15, 0.2) is 0 Å². The number of rotatable bonds is 5. The van der Waals surface area contributed by atoms with Crippen LogP contribution in [-0.4, -0.2) is 10.8 Å². The van der Waals surface area contributed by atoms with Gasteiger partial charge in [0, 0.05) is 23.2 Å². The third-order valence-corrected chi connectivity index (χ3v) is 3.69. The lowest BCUT2D eigenvalue weighted by molar-refractivity contribution is -0.384. The van der Waals surface area contributed by atoms with E-state index in [-0.39, 0.29) is 23.0 Å². The Morgan fingerprint density at radius 1 is 1.14 bits per heavy atom. The first-order chi connectivity index (χ1) is 10.5. The van der Waals surface area contributed by atoms with Crippen molar-refractivity contribution in [3.8, 4) is 0 Å². The number of nitrogens with zero attached hydrogens (tertiary/aromatic N) is 1. The lowest BCUT2D eigenvalue weighted by Gasteiger charge is -2.07. The normalized spacial score (nSPS) is 10.3. The highest BCUT2D eigenvalue weighted by molar-refractivity contribution is 6.32. The van der Waals surface area contributed by atoms with Crippen LogP contribution in [0.1, 0.15) is 12.0 Å².